The summed E-state index contributed by atoms with van der Waals surface area (Å²) in [6.45, 7) is 0. The van der Waals surface area contributed by atoms with E-state index in [1.165, 1.54) is 23.1 Å². The summed E-state index contributed by atoms with van der Waals surface area (Å²) < 4.78 is 0.718. The summed E-state index contributed by atoms with van der Waals surface area (Å²) in [6, 6.07) is 16.4. The van der Waals surface area contributed by atoms with Crippen LogP contribution in [0, 0.1) is 23.7 Å². The molecule has 1 aliphatic heterocycles. The van der Waals surface area contributed by atoms with Crippen LogP contribution in [0.1, 0.15) is 30.7 Å². The number of anilines is 1. The number of nitrogens with zero attached hydrogens (tertiary/aromatic N) is 4. The Morgan fingerprint density at radius 1 is 1.21 bits per heavy atom. The average Bonchev–Trinajstić information content (AvgIpc) is 3.30. The number of fused-ring (bicyclic) bond motifs is 1. The van der Waals surface area contributed by atoms with E-state index in [1.807, 2.05) is 42.5 Å². The summed E-state index contributed by atoms with van der Waals surface area (Å²) in [4.78, 5) is 15.0. The number of hydrogen-bond donors (Lipinski definition) is 1. The molecule has 1 aliphatic carbocycles. The fourth-order valence-electron chi connectivity index (χ4n) is 4.48. The number of hydrogen-bond acceptors (Lipinski definition) is 8. The molecule has 0 amide bonds. The van der Waals surface area contributed by atoms with Crippen molar-refractivity contribution in [3.8, 4) is 18.4 Å². The van der Waals surface area contributed by atoms with E-state index < -0.39 is 5.92 Å². The first kappa shape index (κ1) is 21.3. The zero-order valence-electron chi connectivity index (χ0n) is 17.6. The van der Waals surface area contributed by atoms with Crippen LogP contribution in [0.5, 0.6) is 0 Å². The minimum atomic E-state index is -0.498. The van der Waals surface area contributed by atoms with Crippen molar-refractivity contribution in [1.82, 2.24) is 10.2 Å². The van der Waals surface area contributed by atoms with E-state index in [9.17, 15) is 10.1 Å². The smallest absolute Gasteiger partial charge is 0.219 e. The number of terminal acetylenes is 1. The van der Waals surface area contributed by atoms with E-state index in [4.69, 9.17) is 12.2 Å². The van der Waals surface area contributed by atoms with Crippen LogP contribution in [0.2, 0.25) is 0 Å². The number of carbonyl (C=O) groups is 1. The molecule has 0 fully saturated rings. The maximum Gasteiger partial charge on any atom is 0.219 e. The summed E-state index contributed by atoms with van der Waals surface area (Å²) in [5.41, 5.74) is 9.29. The molecular formula is C25H19N5OS2. The molecule has 2 N–H and O–H groups in total. The van der Waals surface area contributed by atoms with Gasteiger partial charge in [0.05, 0.1) is 23.3 Å². The second-order valence-corrected chi connectivity index (χ2v) is 9.94. The van der Waals surface area contributed by atoms with Crippen molar-refractivity contribution >= 4 is 44.8 Å². The van der Waals surface area contributed by atoms with Gasteiger partial charge < -0.3 is 5.73 Å². The molecule has 33 heavy (non-hydrogen) atoms. The number of benzene rings is 2. The van der Waals surface area contributed by atoms with Gasteiger partial charge in [-0.1, -0.05) is 71.5 Å². The van der Waals surface area contributed by atoms with E-state index in [0.29, 0.717) is 40.7 Å². The molecule has 1 atom stereocenters. The molecule has 1 unspecified atom stereocenters. The molecule has 0 bridgehead atoms. The third-order valence-electron chi connectivity index (χ3n) is 5.89. The van der Waals surface area contributed by atoms with Crippen molar-refractivity contribution in [2.75, 3.05) is 10.7 Å². The summed E-state index contributed by atoms with van der Waals surface area (Å²) in [5.74, 6) is 2.91. The van der Waals surface area contributed by atoms with Crippen LogP contribution in [0.3, 0.4) is 0 Å². The van der Waals surface area contributed by atoms with E-state index in [2.05, 4.69) is 22.2 Å². The second-order valence-electron chi connectivity index (χ2n) is 7.77. The number of nitriles is 1. The summed E-state index contributed by atoms with van der Waals surface area (Å²) in [7, 11) is 0. The lowest BCUT2D eigenvalue weighted by Crippen LogP contribution is -2.38. The Balaban J connectivity index is 1.67. The maximum atomic E-state index is 13.3. The number of rotatable bonds is 4. The molecule has 5 rings (SSSR count). The van der Waals surface area contributed by atoms with Gasteiger partial charge in [0.25, 0.3) is 0 Å². The number of Topliss-reactive ketones (excluding diaryl/α,β-unsaturated/α-hetero) is 1. The molecule has 2 aromatic carbocycles. The molecule has 0 spiro atoms. The van der Waals surface area contributed by atoms with E-state index in [0.717, 1.165) is 32.8 Å². The van der Waals surface area contributed by atoms with Crippen molar-refractivity contribution in [3.05, 3.63) is 70.7 Å². The predicted molar refractivity (Wildman–Crippen MR) is 131 cm³/mol. The fourth-order valence-corrected chi connectivity index (χ4v) is 6.04. The Kier molecular flexibility index (Phi) is 5.63. The molecule has 0 saturated heterocycles. The van der Waals surface area contributed by atoms with Crippen LogP contribution in [0.15, 0.2) is 69.5 Å². The topological polar surface area (TPSA) is 95.9 Å². The molecule has 2 aliphatic rings. The summed E-state index contributed by atoms with van der Waals surface area (Å²) in [5, 5.41) is 21.4. The third kappa shape index (κ3) is 3.68. The molecule has 6 nitrogen and oxygen atoms in total. The molecule has 0 saturated carbocycles. The molecule has 8 heteroatoms. The van der Waals surface area contributed by atoms with Crippen molar-refractivity contribution in [2.24, 2.45) is 5.73 Å². The van der Waals surface area contributed by atoms with Crippen LogP contribution >= 0.6 is 23.1 Å². The zero-order chi connectivity index (χ0) is 22.9. The highest BCUT2D eigenvalue weighted by molar-refractivity contribution is 8.01. The Morgan fingerprint density at radius 3 is 2.82 bits per heavy atom. The lowest BCUT2D eigenvalue weighted by Gasteiger charge is -2.38. The SMILES string of the molecule is C#CCSc1nnc(N2C(N)=C(C#N)C(c3ccc4ccccc4c3)C3=C2CCCC3=O)s1. The number of carbonyl (C=O) groups excluding carboxylic acids is 1. The van der Waals surface area contributed by atoms with Crippen molar-refractivity contribution in [2.45, 2.75) is 29.5 Å². The van der Waals surface area contributed by atoms with Crippen LogP contribution in [-0.4, -0.2) is 21.7 Å². The number of nitrogens with two attached hydrogens (primary N) is 1. The van der Waals surface area contributed by atoms with Gasteiger partial charge in [0, 0.05) is 17.7 Å². The molecule has 162 valence electrons. The van der Waals surface area contributed by atoms with Crippen LogP contribution in [0.25, 0.3) is 10.8 Å². The average molecular weight is 470 g/mol. The van der Waals surface area contributed by atoms with Gasteiger partial charge in [-0.05, 0) is 29.2 Å². The number of ketones is 1. The Morgan fingerprint density at radius 2 is 2.03 bits per heavy atom. The normalized spacial score (nSPS) is 18.3. The van der Waals surface area contributed by atoms with Crippen molar-refractivity contribution < 1.29 is 4.79 Å². The van der Waals surface area contributed by atoms with Gasteiger partial charge >= 0.3 is 0 Å². The van der Waals surface area contributed by atoms with Crippen molar-refractivity contribution in [3.63, 3.8) is 0 Å². The lowest BCUT2D eigenvalue weighted by molar-refractivity contribution is -0.116. The fraction of sp³-hybridized carbons (Fsp3) is 0.200. The third-order valence-corrected chi connectivity index (χ3v) is 7.83. The number of allylic oxidation sites excluding steroid dienone is 3. The minimum absolute atomic E-state index is 0.0473. The predicted octanol–water partition coefficient (Wildman–Crippen LogP) is 4.72. The second kappa shape index (κ2) is 8.74. The van der Waals surface area contributed by atoms with Crippen LogP contribution in [-0.2, 0) is 4.79 Å². The summed E-state index contributed by atoms with van der Waals surface area (Å²) in [6.07, 6.45) is 7.22. The van der Waals surface area contributed by atoms with Gasteiger partial charge in [0.1, 0.15) is 5.82 Å². The van der Waals surface area contributed by atoms with Gasteiger partial charge in [-0.15, -0.1) is 16.6 Å². The van der Waals surface area contributed by atoms with Crippen LogP contribution in [0.4, 0.5) is 5.13 Å². The highest BCUT2D eigenvalue weighted by Gasteiger charge is 2.41. The van der Waals surface area contributed by atoms with Gasteiger partial charge in [0.2, 0.25) is 5.13 Å². The van der Waals surface area contributed by atoms with Gasteiger partial charge in [0.15, 0.2) is 10.1 Å². The maximum absolute atomic E-state index is 13.3. The van der Waals surface area contributed by atoms with Crippen molar-refractivity contribution in [1.29, 1.82) is 5.26 Å². The Labute approximate surface area is 199 Å². The van der Waals surface area contributed by atoms with Gasteiger partial charge in [-0.3, -0.25) is 9.69 Å². The van der Waals surface area contributed by atoms with Gasteiger partial charge in [-0.25, -0.2) is 0 Å². The number of aromatic nitrogens is 2. The monoisotopic (exact) mass is 469 g/mol. The largest absolute Gasteiger partial charge is 0.384 e. The minimum Gasteiger partial charge on any atom is -0.384 e. The summed E-state index contributed by atoms with van der Waals surface area (Å²) >= 11 is 2.77. The van der Waals surface area contributed by atoms with Crippen LogP contribution < -0.4 is 10.6 Å². The molecule has 1 aromatic heterocycles. The number of thioether (sulfide) groups is 1. The lowest BCUT2D eigenvalue weighted by atomic mass is 9.75. The quantitative estimate of drug-likeness (QED) is 0.436. The molecule has 2 heterocycles. The first-order valence-corrected chi connectivity index (χ1v) is 12.3. The van der Waals surface area contributed by atoms with E-state index >= 15 is 0 Å². The standard InChI is InChI=1S/C25H19N5OS2/c1-2-12-32-25-29-28-24(33-25)30-19-8-5-9-20(31)22(19)21(18(14-26)23(30)27)17-11-10-15-6-3-4-7-16(15)13-17/h1,3-4,6-7,10-11,13,21H,5,8-9,12,27H2. The molecule has 3 aromatic rings. The highest BCUT2D eigenvalue weighted by atomic mass is 32.2. The highest BCUT2D eigenvalue weighted by Crippen LogP contribution is 2.47. The zero-order valence-corrected chi connectivity index (χ0v) is 19.2. The first-order chi connectivity index (χ1) is 16.1. The Hall–Kier alpha value is -3.59. The Bertz CT molecular complexity index is 1420. The molecular weight excluding hydrogens is 450 g/mol. The van der Waals surface area contributed by atoms with Gasteiger partial charge in [-0.2, -0.15) is 5.26 Å². The van der Waals surface area contributed by atoms with E-state index in [-0.39, 0.29) is 5.78 Å². The molecule has 0 radical (unpaired) electrons. The van der Waals surface area contributed by atoms with E-state index in [1.54, 1.807) is 4.90 Å². The first-order valence-electron chi connectivity index (χ1n) is 10.5.